The quantitative estimate of drug-likeness (QED) is 0.130. The Hall–Kier alpha value is -5.34. The number of aromatic amines is 2. The summed E-state index contributed by atoms with van der Waals surface area (Å²) in [6.07, 6.45) is 6.91. The van der Waals surface area contributed by atoms with E-state index >= 15 is 0 Å². The van der Waals surface area contributed by atoms with Gasteiger partial charge in [0.1, 0.15) is 36.9 Å². The van der Waals surface area contributed by atoms with Gasteiger partial charge in [0.15, 0.2) is 0 Å². The average Bonchev–Trinajstić information content (AvgIpc) is 4.02. The van der Waals surface area contributed by atoms with E-state index in [0.717, 1.165) is 71.0 Å². The number of likely N-dealkylation sites (tertiary alicyclic amines) is 2. The summed E-state index contributed by atoms with van der Waals surface area (Å²) >= 11 is 0. The van der Waals surface area contributed by atoms with Gasteiger partial charge in [-0.1, -0.05) is 76.2 Å². The lowest BCUT2D eigenvalue weighted by atomic mass is 10.0. The van der Waals surface area contributed by atoms with Gasteiger partial charge in [-0.15, -0.1) is 0 Å². The second-order valence-corrected chi connectivity index (χ2v) is 15.3. The smallest absolute Gasteiger partial charge is 0.246 e. The SMILES string of the molecule is COCC(=O)N[C@H](C(=O)N1CCCC1c1ncc(-c2ccc(-c3ccc(-c4cnc([C@@H]5CCCN5C(=O)[C@@H](NC(=O)COC)C(C)C)[nH]4)cc3)cc2)[nH]1)C(C)C. The largest absolute Gasteiger partial charge is 0.375 e. The minimum atomic E-state index is -0.640. The zero-order valence-corrected chi connectivity index (χ0v) is 33.1. The molecule has 6 rings (SSSR count). The van der Waals surface area contributed by atoms with Crippen molar-refractivity contribution in [2.45, 2.75) is 77.5 Å². The van der Waals surface area contributed by atoms with Crippen LogP contribution in [0.2, 0.25) is 0 Å². The van der Waals surface area contributed by atoms with E-state index in [-0.39, 0.29) is 60.8 Å². The molecule has 2 aromatic carbocycles. The Kier molecular flexibility index (Phi) is 13.0. The van der Waals surface area contributed by atoms with E-state index in [4.69, 9.17) is 9.47 Å². The molecule has 14 nitrogen and oxygen atoms in total. The lowest BCUT2D eigenvalue weighted by Crippen LogP contribution is -2.51. The number of benzene rings is 2. The van der Waals surface area contributed by atoms with Gasteiger partial charge in [-0.3, -0.25) is 19.2 Å². The minimum Gasteiger partial charge on any atom is -0.375 e. The molecular weight excluding hydrogens is 713 g/mol. The van der Waals surface area contributed by atoms with Gasteiger partial charge in [-0.25, -0.2) is 9.97 Å². The molecule has 0 spiro atoms. The van der Waals surface area contributed by atoms with Gasteiger partial charge >= 0.3 is 0 Å². The van der Waals surface area contributed by atoms with Crippen molar-refractivity contribution in [3.05, 3.63) is 72.6 Å². The second-order valence-electron chi connectivity index (χ2n) is 15.3. The average molecular weight is 767 g/mol. The molecule has 0 aliphatic carbocycles. The molecule has 2 aliphatic heterocycles. The highest BCUT2D eigenvalue weighted by Crippen LogP contribution is 2.35. The summed E-state index contributed by atoms with van der Waals surface area (Å²) in [4.78, 5) is 71.7. The van der Waals surface area contributed by atoms with Gasteiger partial charge in [0, 0.05) is 27.3 Å². The summed E-state index contributed by atoms with van der Waals surface area (Å²) in [7, 11) is 2.91. The summed E-state index contributed by atoms with van der Waals surface area (Å²) in [5, 5.41) is 5.68. The highest BCUT2D eigenvalue weighted by molar-refractivity contribution is 5.89. The molecule has 56 heavy (non-hydrogen) atoms. The zero-order chi connectivity index (χ0) is 39.9. The van der Waals surface area contributed by atoms with E-state index in [1.165, 1.54) is 14.2 Å². The molecule has 4 aromatic rings. The van der Waals surface area contributed by atoms with Crippen LogP contribution in [0.25, 0.3) is 33.6 Å². The van der Waals surface area contributed by atoms with Crippen LogP contribution in [0.1, 0.15) is 77.1 Å². The van der Waals surface area contributed by atoms with Crippen molar-refractivity contribution in [2.24, 2.45) is 11.8 Å². The Labute approximate surface area is 328 Å². The van der Waals surface area contributed by atoms with Crippen LogP contribution in [-0.4, -0.2) is 106 Å². The number of rotatable bonds is 15. The highest BCUT2D eigenvalue weighted by atomic mass is 16.5. The van der Waals surface area contributed by atoms with E-state index < -0.39 is 12.1 Å². The number of nitrogens with zero attached hydrogens (tertiary/aromatic N) is 4. The third-order valence-corrected chi connectivity index (χ3v) is 10.7. The Morgan fingerprint density at radius 3 is 1.34 bits per heavy atom. The Balaban J connectivity index is 1.10. The zero-order valence-electron chi connectivity index (χ0n) is 33.1. The van der Waals surface area contributed by atoms with Crippen LogP contribution in [0.4, 0.5) is 0 Å². The fourth-order valence-corrected chi connectivity index (χ4v) is 7.70. The number of hydrogen-bond donors (Lipinski definition) is 4. The van der Waals surface area contributed by atoms with Gasteiger partial charge in [-0.2, -0.15) is 0 Å². The predicted octanol–water partition coefficient (Wildman–Crippen LogP) is 5.04. The number of carbonyl (C=O) groups is 4. The molecule has 0 saturated carbocycles. The number of imidazole rings is 2. The van der Waals surface area contributed by atoms with Crippen molar-refractivity contribution in [1.82, 2.24) is 40.4 Å². The standard InChI is InChI=1S/C42H54N8O6/c1-25(2)37(47-35(51)23-55-5)41(53)49-19-7-9-33(49)39-43-21-31(45-39)29-15-11-27(12-16-29)28-13-17-30(18-14-28)32-22-44-40(46-32)34-10-8-20-50(34)42(54)38(26(3)4)48-36(52)24-56-6/h11-18,21-22,25-26,33-34,37-38H,7-10,19-20,23-24H2,1-6H3,(H,43,45)(H,44,46)(H,47,51)(H,48,52)/t33-,34?,37-,38-/m0/s1. The first kappa shape index (κ1) is 40.3. The van der Waals surface area contributed by atoms with Crippen LogP contribution in [0.5, 0.6) is 0 Å². The maximum absolute atomic E-state index is 13.6. The first-order valence-corrected chi connectivity index (χ1v) is 19.5. The third kappa shape index (κ3) is 9.03. The summed E-state index contributed by atoms with van der Waals surface area (Å²) in [6.45, 7) is 8.72. The second kappa shape index (κ2) is 18.1. The number of hydrogen-bond acceptors (Lipinski definition) is 8. The van der Waals surface area contributed by atoms with Gasteiger partial charge in [0.05, 0.1) is 35.9 Å². The Bertz CT molecular complexity index is 1830. The van der Waals surface area contributed by atoms with E-state index in [2.05, 4.69) is 79.1 Å². The molecule has 4 N–H and O–H groups in total. The lowest BCUT2D eigenvalue weighted by Gasteiger charge is -2.30. The topological polar surface area (TPSA) is 175 Å². The molecule has 4 heterocycles. The van der Waals surface area contributed by atoms with E-state index in [9.17, 15) is 19.2 Å². The van der Waals surface area contributed by atoms with Crippen LogP contribution in [-0.2, 0) is 28.7 Å². The number of aromatic nitrogens is 4. The maximum Gasteiger partial charge on any atom is 0.246 e. The van der Waals surface area contributed by atoms with Crippen LogP contribution >= 0.6 is 0 Å². The minimum absolute atomic E-state index is 0.0794. The Morgan fingerprint density at radius 1 is 0.643 bits per heavy atom. The van der Waals surface area contributed by atoms with Gasteiger partial charge in [-0.05, 0) is 59.8 Å². The predicted molar refractivity (Wildman–Crippen MR) is 212 cm³/mol. The molecular formula is C42H54N8O6. The number of H-pyrrole nitrogens is 2. The van der Waals surface area contributed by atoms with Crippen LogP contribution in [0.3, 0.4) is 0 Å². The van der Waals surface area contributed by atoms with E-state index in [1.807, 2.05) is 49.9 Å². The van der Waals surface area contributed by atoms with Crippen molar-refractivity contribution in [1.29, 1.82) is 0 Å². The molecule has 0 bridgehead atoms. The van der Waals surface area contributed by atoms with Crippen molar-refractivity contribution < 1.29 is 28.7 Å². The van der Waals surface area contributed by atoms with Crippen LogP contribution in [0, 0.1) is 11.8 Å². The summed E-state index contributed by atoms with van der Waals surface area (Å²) in [5.41, 5.74) is 5.81. The van der Waals surface area contributed by atoms with Gasteiger partial charge in [0.2, 0.25) is 23.6 Å². The molecule has 298 valence electrons. The molecule has 14 heteroatoms. The molecule has 2 fully saturated rings. The summed E-state index contributed by atoms with van der Waals surface area (Å²) in [5.74, 6) is 0.465. The molecule has 1 unspecified atom stereocenters. The van der Waals surface area contributed by atoms with Crippen molar-refractivity contribution in [3.8, 4) is 33.6 Å². The van der Waals surface area contributed by atoms with E-state index in [0.29, 0.717) is 13.1 Å². The number of methoxy groups -OCH3 is 2. The monoisotopic (exact) mass is 766 g/mol. The van der Waals surface area contributed by atoms with Crippen molar-refractivity contribution in [3.63, 3.8) is 0 Å². The van der Waals surface area contributed by atoms with Gasteiger partial charge in [0.25, 0.3) is 0 Å². The summed E-state index contributed by atoms with van der Waals surface area (Å²) < 4.78 is 9.90. The van der Waals surface area contributed by atoms with Crippen molar-refractivity contribution >= 4 is 23.6 Å². The summed E-state index contributed by atoms with van der Waals surface area (Å²) in [6, 6.07) is 14.9. The number of carbonyl (C=O) groups excluding carboxylic acids is 4. The number of amides is 4. The van der Waals surface area contributed by atoms with Crippen LogP contribution in [0.15, 0.2) is 60.9 Å². The highest BCUT2D eigenvalue weighted by Gasteiger charge is 2.38. The third-order valence-electron chi connectivity index (χ3n) is 10.7. The Morgan fingerprint density at radius 2 is 1.00 bits per heavy atom. The lowest BCUT2D eigenvalue weighted by molar-refractivity contribution is -0.139. The van der Waals surface area contributed by atoms with Crippen LogP contribution < -0.4 is 10.6 Å². The fraction of sp³-hybridized carbons (Fsp3) is 0.476. The molecule has 4 amide bonds. The number of nitrogens with one attached hydrogen (secondary N) is 4. The molecule has 2 aromatic heterocycles. The van der Waals surface area contributed by atoms with Crippen molar-refractivity contribution in [2.75, 3.05) is 40.5 Å². The molecule has 0 radical (unpaired) electrons. The number of ether oxygens (including phenoxy) is 2. The first-order valence-electron chi connectivity index (χ1n) is 19.5. The first-order chi connectivity index (χ1) is 27.0. The molecule has 2 saturated heterocycles. The normalized spacial score (nSPS) is 18.1. The fourth-order valence-electron chi connectivity index (χ4n) is 7.70. The molecule has 4 atom stereocenters. The van der Waals surface area contributed by atoms with E-state index in [1.54, 1.807) is 0 Å². The maximum atomic E-state index is 13.6. The molecule has 2 aliphatic rings. The van der Waals surface area contributed by atoms with Gasteiger partial charge < -0.3 is 39.9 Å².